The lowest BCUT2D eigenvalue weighted by molar-refractivity contribution is 0.0245. The van der Waals surface area contributed by atoms with Crippen LogP contribution in [0.25, 0.3) is 10.9 Å². The van der Waals surface area contributed by atoms with E-state index in [4.69, 9.17) is 16.3 Å². The lowest BCUT2D eigenvalue weighted by atomic mass is 9.95. The summed E-state index contributed by atoms with van der Waals surface area (Å²) in [5.41, 5.74) is 0.291. The van der Waals surface area contributed by atoms with Crippen LogP contribution in [-0.2, 0) is 11.3 Å². The molecule has 2 aromatic carbocycles. The zero-order valence-electron chi connectivity index (χ0n) is 15.4. The maximum Gasteiger partial charge on any atom is 0.328 e. The van der Waals surface area contributed by atoms with Crippen molar-refractivity contribution in [3.05, 3.63) is 79.7 Å². The van der Waals surface area contributed by atoms with Crippen LogP contribution in [0.3, 0.4) is 0 Å². The molecule has 0 aliphatic carbocycles. The number of benzene rings is 2. The number of fused-ring (bicyclic) bond motifs is 1. The van der Waals surface area contributed by atoms with Gasteiger partial charge in [0.05, 0.1) is 28.6 Å². The molecule has 9 heteroatoms. The minimum Gasteiger partial charge on any atom is -0.372 e. The molecule has 0 saturated carbocycles. The summed E-state index contributed by atoms with van der Waals surface area (Å²) in [5, 5.41) is 3.73. The smallest absolute Gasteiger partial charge is 0.328 e. The van der Waals surface area contributed by atoms with Gasteiger partial charge in [0.25, 0.3) is 5.56 Å². The molecule has 2 atom stereocenters. The van der Waals surface area contributed by atoms with Crippen LogP contribution in [0.15, 0.2) is 52.1 Å². The van der Waals surface area contributed by atoms with Crippen molar-refractivity contribution in [2.45, 2.75) is 12.6 Å². The van der Waals surface area contributed by atoms with Crippen molar-refractivity contribution in [1.82, 2.24) is 14.9 Å². The Balaban J connectivity index is 0.00000240. The molecule has 154 valence electrons. The average Bonchev–Trinajstić information content (AvgIpc) is 2.93. The highest BCUT2D eigenvalue weighted by atomic mass is 35.5. The Hall–Kier alpha value is -2.19. The van der Waals surface area contributed by atoms with Gasteiger partial charge in [0, 0.05) is 25.6 Å². The first-order chi connectivity index (χ1) is 13.5. The molecule has 1 aliphatic heterocycles. The fourth-order valence-corrected chi connectivity index (χ4v) is 3.72. The van der Waals surface area contributed by atoms with Crippen molar-refractivity contribution in [3.63, 3.8) is 0 Å². The molecule has 1 aromatic heterocycles. The van der Waals surface area contributed by atoms with Crippen LogP contribution in [-0.4, -0.2) is 29.2 Å². The van der Waals surface area contributed by atoms with Gasteiger partial charge < -0.3 is 15.0 Å². The van der Waals surface area contributed by atoms with E-state index < -0.39 is 17.6 Å². The summed E-state index contributed by atoms with van der Waals surface area (Å²) in [7, 11) is 0. The van der Waals surface area contributed by atoms with Gasteiger partial charge in [0.2, 0.25) is 0 Å². The van der Waals surface area contributed by atoms with E-state index in [2.05, 4.69) is 10.3 Å². The van der Waals surface area contributed by atoms with Crippen LogP contribution < -0.4 is 16.6 Å². The molecule has 0 spiro atoms. The quantitative estimate of drug-likeness (QED) is 0.657. The SMILES string of the molecule is Cl.O=c1[nH]c2ccccc2c(=O)n1C[C@@H]1CNCCO[C@H]1c1ccc(Cl)c(F)c1. The number of hydrogen-bond donors (Lipinski definition) is 2. The molecule has 0 unspecified atom stereocenters. The topological polar surface area (TPSA) is 76.1 Å². The zero-order valence-corrected chi connectivity index (χ0v) is 16.9. The Kier molecular flexibility index (Phi) is 6.74. The Morgan fingerprint density at radius 2 is 2.00 bits per heavy atom. The normalized spacial score (nSPS) is 19.5. The summed E-state index contributed by atoms with van der Waals surface area (Å²) < 4.78 is 21.1. The van der Waals surface area contributed by atoms with Gasteiger partial charge in [-0.3, -0.25) is 9.36 Å². The molecule has 3 aromatic rings. The van der Waals surface area contributed by atoms with Gasteiger partial charge in [0.15, 0.2) is 0 Å². The maximum absolute atomic E-state index is 14.0. The van der Waals surface area contributed by atoms with Gasteiger partial charge in [-0.2, -0.15) is 0 Å². The third kappa shape index (κ3) is 4.38. The lowest BCUT2D eigenvalue weighted by Crippen LogP contribution is -2.40. The standard InChI is InChI=1S/C20H19ClFN3O3.ClH/c21-15-6-5-12(9-16(15)22)18-13(10-23-7-8-28-18)11-25-19(26)14-3-1-2-4-17(14)24-20(25)27;/h1-6,9,13,18,23H,7-8,10-11H2,(H,24,27);1H/t13-,18-;/m0./s1. The molecular formula is C20H20Cl2FN3O3. The Labute approximate surface area is 177 Å². The lowest BCUT2D eigenvalue weighted by Gasteiger charge is -2.25. The van der Waals surface area contributed by atoms with Crippen LogP contribution in [0.4, 0.5) is 4.39 Å². The summed E-state index contributed by atoms with van der Waals surface area (Å²) >= 11 is 5.80. The molecular weight excluding hydrogens is 420 g/mol. The minimum atomic E-state index is -0.528. The second-order valence-electron chi connectivity index (χ2n) is 6.82. The number of H-pyrrole nitrogens is 1. The number of nitrogens with one attached hydrogen (secondary N) is 2. The predicted molar refractivity (Wildman–Crippen MR) is 113 cm³/mol. The summed E-state index contributed by atoms with van der Waals surface area (Å²) in [5.74, 6) is -0.775. The highest BCUT2D eigenvalue weighted by Gasteiger charge is 2.28. The molecule has 2 N–H and O–H groups in total. The third-order valence-corrected chi connectivity index (χ3v) is 5.30. The van der Waals surface area contributed by atoms with Gasteiger partial charge in [-0.05, 0) is 29.8 Å². The summed E-state index contributed by atoms with van der Waals surface area (Å²) in [4.78, 5) is 28.1. The summed E-state index contributed by atoms with van der Waals surface area (Å²) in [6.45, 7) is 1.73. The Morgan fingerprint density at radius 1 is 1.21 bits per heavy atom. The van der Waals surface area contributed by atoms with E-state index in [-0.39, 0.29) is 35.5 Å². The van der Waals surface area contributed by atoms with Crippen LogP contribution in [0.1, 0.15) is 11.7 Å². The van der Waals surface area contributed by atoms with Crippen LogP contribution >= 0.6 is 24.0 Å². The molecule has 1 aliphatic rings. The van der Waals surface area contributed by atoms with E-state index in [0.717, 1.165) is 0 Å². The molecule has 4 rings (SSSR count). The van der Waals surface area contributed by atoms with Gasteiger partial charge in [-0.15, -0.1) is 12.4 Å². The van der Waals surface area contributed by atoms with Gasteiger partial charge in [-0.25, -0.2) is 9.18 Å². The number of hydrogen-bond acceptors (Lipinski definition) is 4. The van der Waals surface area contributed by atoms with Crippen molar-refractivity contribution >= 4 is 34.9 Å². The predicted octanol–water partition coefficient (Wildman–Crippen LogP) is 2.88. The van der Waals surface area contributed by atoms with E-state index in [1.165, 1.54) is 16.7 Å². The monoisotopic (exact) mass is 439 g/mol. The van der Waals surface area contributed by atoms with Gasteiger partial charge in [0.1, 0.15) is 5.82 Å². The van der Waals surface area contributed by atoms with E-state index in [1.54, 1.807) is 30.3 Å². The molecule has 1 saturated heterocycles. The Morgan fingerprint density at radius 3 is 2.79 bits per heavy atom. The van der Waals surface area contributed by atoms with E-state index in [0.29, 0.717) is 36.2 Å². The van der Waals surface area contributed by atoms with Crippen molar-refractivity contribution in [2.75, 3.05) is 19.7 Å². The second kappa shape index (κ2) is 9.09. The van der Waals surface area contributed by atoms with Crippen LogP contribution in [0.5, 0.6) is 0 Å². The number of aromatic amines is 1. The van der Waals surface area contributed by atoms with Crippen molar-refractivity contribution in [2.24, 2.45) is 5.92 Å². The van der Waals surface area contributed by atoms with Gasteiger partial charge in [-0.1, -0.05) is 29.8 Å². The number of nitrogens with zero attached hydrogens (tertiary/aromatic N) is 1. The number of halogens is 3. The van der Waals surface area contributed by atoms with E-state index >= 15 is 0 Å². The Bertz CT molecular complexity index is 1130. The van der Waals surface area contributed by atoms with Gasteiger partial charge >= 0.3 is 5.69 Å². The fourth-order valence-electron chi connectivity index (χ4n) is 3.61. The van der Waals surface area contributed by atoms with E-state index in [1.807, 2.05) is 0 Å². The first-order valence-corrected chi connectivity index (χ1v) is 9.41. The average molecular weight is 440 g/mol. The maximum atomic E-state index is 14.0. The number of rotatable bonds is 3. The van der Waals surface area contributed by atoms with Crippen molar-refractivity contribution < 1.29 is 9.13 Å². The van der Waals surface area contributed by atoms with E-state index in [9.17, 15) is 14.0 Å². The third-order valence-electron chi connectivity index (χ3n) is 4.99. The molecule has 1 fully saturated rings. The van der Waals surface area contributed by atoms with Crippen LogP contribution in [0, 0.1) is 11.7 Å². The summed E-state index contributed by atoms with van der Waals surface area (Å²) in [6.07, 6.45) is -0.473. The fraction of sp³-hybridized carbons (Fsp3) is 0.300. The zero-order chi connectivity index (χ0) is 19.7. The number of aromatic nitrogens is 2. The molecule has 2 heterocycles. The van der Waals surface area contributed by atoms with Crippen molar-refractivity contribution in [1.29, 1.82) is 0 Å². The molecule has 0 bridgehead atoms. The molecule has 0 radical (unpaired) electrons. The van der Waals surface area contributed by atoms with Crippen LogP contribution in [0.2, 0.25) is 5.02 Å². The molecule has 6 nitrogen and oxygen atoms in total. The van der Waals surface area contributed by atoms with Crippen molar-refractivity contribution in [3.8, 4) is 0 Å². The summed E-state index contributed by atoms with van der Waals surface area (Å²) in [6, 6.07) is 11.4. The number of para-hydroxylation sites is 1. The first kappa shape index (κ1) is 21.5. The highest BCUT2D eigenvalue weighted by molar-refractivity contribution is 6.30. The second-order valence-corrected chi connectivity index (χ2v) is 7.23. The highest BCUT2D eigenvalue weighted by Crippen LogP contribution is 2.30. The molecule has 29 heavy (non-hydrogen) atoms. The first-order valence-electron chi connectivity index (χ1n) is 9.04. The minimum absolute atomic E-state index is 0. The largest absolute Gasteiger partial charge is 0.372 e. The molecule has 0 amide bonds. The number of ether oxygens (including phenoxy) is 1.